The normalized spacial score (nSPS) is 18.6. The van der Waals surface area contributed by atoms with Gasteiger partial charge < -0.3 is 21.1 Å². The first-order valence-electron chi connectivity index (χ1n) is 9.11. The minimum absolute atomic E-state index is 0. The summed E-state index contributed by atoms with van der Waals surface area (Å²) in [6.45, 7) is 5.84. The molecule has 1 fully saturated rings. The third-order valence-electron chi connectivity index (χ3n) is 4.81. The molecule has 4 N–H and O–H groups in total. The molecule has 28 heavy (non-hydrogen) atoms. The molecule has 8 heteroatoms. The molecule has 1 aromatic carbocycles. The van der Waals surface area contributed by atoms with Crippen molar-refractivity contribution in [2.45, 2.75) is 25.9 Å². The lowest BCUT2D eigenvalue weighted by molar-refractivity contribution is 0.0928. The molecule has 2 heterocycles. The predicted molar refractivity (Wildman–Crippen MR) is 115 cm³/mol. The molecular formula is C20H26ClN3O3S. The van der Waals surface area contributed by atoms with Crippen LogP contribution in [0.25, 0.3) is 0 Å². The SMILES string of the molecule is CC(C)c1ccc(C(=O)Nc2sccc2C(=O)NCC2CNCC2O)cc1.Cl. The highest BCUT2D eigenvalue weighted by atomic mass is 35.5. The lowest BCUT2D eigenvalue weighted by Gasteiger charge is -2.14. The third kappa shape index (κ3) is 5.32. The molecule has 6 nitrogen and oxygen atoms in total. The van der Waals surface area contributed by atoms with Crippen molar-refractivity contribution in [2.24, 2.45) is 5.92 Å². The highest BCUT2D eigenvalue weighted by molar-refractivity contribution is 7.14. The van der Waals surface area contributed by atoms with Gasteiger partial charge in [-0.3, -0.25) is 9.59 Å². The fraction of sp³-hybridized carbons (Fsp3) is 0.400. The van der Waals surface area contributed by atoms with E-state index in [9.17, 15) is 14.7 Å². The Hall–Kier alpha value is -1.93. The maximum Gasteiger partial charge on any atom is 0.256 e. The quantitative estimate of drug-likeness (QED) is 0.575. The molecule has 3 rings (SSSR count). The fourth-order valence-electron chi connectivity index (χ4n) is 3.03. The minimum Gasteiger partial charge on any atom is -0.391 e. The van der Waals surface area contributed by atoms with Crippen molar-refractivity contribution in [1.82, 2.24) is 10.6 Å². The number of hydrogen-bond donors (Lipinski definition) is 4. The van der Waals surface area contributed by atoms with Gasteiger partial charge in [-0.25, -0.2) is 0 Å². The Kier molecular flexibility index (Phi) is 8.00. The van der Waals surface area contributed by atoms with Crippen molar-refractivity contribution < 1.29 is 14.7 Å². The second kappa shape index (κ2) is 10.0. The van der Waals surface area contributed by atoms with Crippen molar-refractivity contribution in [3.8, 4) is 0 Å². The average molecular weight is 424 g/mol. The number of hydrogen-bond acceptors (Lipinski definition) is 5. The monoisotopic (exact) mass is 423 g/mol. The van der Waals surface area contributed by atoms with Gasteiger partial charge in [-0.15, -0.1) is 23.7 Å². The van der Waals surface area contributed by atoms with Crippen LogP contribution in [0.3, 0.4) is 0 Å². The van der Waals surface area contributed by atoms with Crippen LogP contribution in [0.5, 0.6) is 0 Å². The van der Waals surface area contributed by atoms with Crippen molar-refractivity contribution in [1.29, 1.82) is 0 Å². The Morgan fingerprint density at radius 1 is 1.18 bits per heavy atom. The summed E-state index contributed by atoms with van der Waals surface area (Å²) < 4.78 is 0. The summed E-state index contributed by atoms with van der Waals surface area (Å²) in [5.41, 5.74) is 2.17. The second-order valence-electron chi connectivity index (χ2n) is 7.09. The van der Waals surface area contributed by atoms with Crippen LogP contribution in [0.2, 0.25) is 0 Å². The molecule has 2 amide bonds. The van der Waals surface area contributed by atoms with E-state index >= 15 is 0 Å². The van der Waals surface area contributed by atoms with Crippen LogP contribution in [0, 0.1) is 5.92 Å². The minimum atomic E-state index is -0.444. The van der Waals surface area contributed by atoms with Gasteiger partial charge in [0.1, 0.15) is 5.00 Å². The summed E-state index contributed by atoms with van der Waals surface area (Å²) in [6.07, 6.45) is -0.444. The third-order valence-corrected chi connectivity index (χ3v) is 5.64. The number of anilines is 1. The highest BCUT2D eigenvalue weighted by Gasteiger charge is 2.25. The topological polar surface area (TPSA) is 90.5 Å². The Labute approximate surface area is 175 Å². The molecule has 2 atom stereocenters. The van der Waals surface area contributed by atoms with E-state index in [1.54, 1.807) is 23.6 Å². The van der Waals surface area contributed by atoms with E-state index in [0.29, 0.717) is 41.7 Å². The van der Waals surface area contributed by atoms with Crippen LogP contribution in [-0.4, -0.2) is 42.7 Å². The summed E-state index contributed by atoms with van der Waals surface area (Å²) >= 11 is 1.31. The number of halogens is 1. The van der Waals surface area contributed by atoms with E-state index in [-0.39, 0.29) is 30.1 Å². The van der Waals surface area contributed by atoms with Crippen LogP contribution in [-0.2, 0) is 0 Å². The molecule has 2 aromatic rings. The van der Waals surface area contributed by atoms with Gasteiger partial charge in [-0.2, -0.15) is 0 Å². The highest BCUT2D eigenvalue weighted by Crippen LogP contribution is 2.24. The van der Waals surface area contributed by atoms with Gasteiger partial charge >= 0.3 is 0 Å². The standard InChI is InChI=1S/C20H25N3O3S.ClH/c1-12(2)13-3-5-14(6-4-13)18(25)23-20-16(7-8-27-20)19(26)22-10-15-9-21-11-17(15)24;/h3-8,12,15,17,21,24H,9-11H2,1-2H3,(H,22,26)(H,23,25);1H. The zero-order valence-electron chi connectivity index (χ0n) is 15.9. The number of amides is 2. The number of carbonyl (C=O) groups is 2. The number of benzene rings is 1. The van der Waals surface area contributed by atoms with Crippen molar-refractivity contribution >= 4 is 40.6 Å². The molecule has 0 bridgehead atoms. The molecule has 152 valence electrons. The lowest BCUT2D eigenvalue weighted by Crippen LogP contribution is -2.34. The van der Waals surface area contributed by atoms with E-state index in [2.05, 4.69) is 29.8 Å². The number of aliphatic hydroxyl groups is 1. The molecule has 2 unspecified atom stereocenters. The van der Waals surface area contributed by atoms with Gasteiger partial charge in [0.2, 0.25) is 0 Å². The molecule has 1 aliphatic rings. The van der Waals surface area contributed by atoms with Crippen LogP contribution >= 0.6 is 23.7 Å². The van der Waals surface area contributed by atoms with Gasteiger partial charge in [-0.1, -0.05) is 26.0 Å². The molecular weight excluding hydrogens is 398 g/mol. The predicted octanol–water partition coefficient (Wildman–Crippen LogP) is 2.86. The summed E-state index contributed by atoms with van der Waals surface area (Å²) in [6, 6.07) is 9.19. The number of β-amino-alcohol motifs (C(OH)–C–C–N with tert-alkyl or cyclic N) is 1. The molecule has 1 aliphatic heterocycles. The molecule has 0 aliphatic carbocycles. The first kappa shape index (κ1) is 22.4. The van der Waals surface area contributed by atoms with E-state index in [4.69, 9.17) is 0 Å². The number of thiophene rings is 1. The summed E-state index contributed by atoms with van der Waals surface area (Å²) in [4.78, 5) is 25.0. The Bertz CT molecular complexity index is 807. The van der Waals surface area contributed by atoms with Gasteiger partial charge in [0, 0.05) is 31.1 Å². The van der Waals surface area contributed by atoms with Crippen LogP contribution in [0.1, 0.15) is 46.0 Å². The fourth-order valence-corrected chi connectivity index (χ4v) is 3.81. The summed E-state index contributed by atoms with van der Waals surface area (Å²) in [5, 5.41) is 20.9. The maximum absolute atomic E-state index is 12.5. The van der Waals surface area contributed by atoms with E-state index in [1.807, 2.05) is 12.1 Å². The van der Waals surface area contributed by atoms with E-state index in [0.717, 1.165) is 0 Å². The van der Waals surface area contributed by atoms with Gasteiger partial charge in [-0.05, 0) is 35.1 Å². The van der Waals surface area contributed by atoms with Crippen LogP contribution in [0.4, 0.5) is 5.00 Å². The Morgan fingerprint density at radius 2 is 1.89 bits per heavy atom. The molecule has 1 saturated heterocycles. The van der Waals surface area contributed by atoms with E-state index < -0.39 is 6.10 Å². The van der Waals surface area contributed by atoms with Crippen LogP contribution in [0.15, 0.2) is 35.7 Å². The molecule has 0 radical (unpaired) electrons. The second-order valence-corrected chi connectivity index (χ2v) is 8.01. The summed E-state index contributed by atoms with van der Waals surface area (Å²) in [7, 11) is 0. The largest absolute Gasteiger partial charge is 0.391 e. The Balaban J connectivity index is 0.00000280. The number of aliphatic hydroxyl groups excluding tert-OH is 1. The van der Waals surface area contributed by atoms with Crippen molar-refractivity contribution in [2.75, 3.05) is 25.0 Å². The van der Waals surface area contributed by atoms with Crippen molar-refractivity contribution in [3.05, 3.63) is 52.4 Å². The average Bonchev–Trinajstić information content (AvgIpc) is 3.28. The van der Waals surface area contributed by atoms with Gasteiger partial charge in [0.15, 0.2) is 0 Å². The maximum atomic E-state index is 12.5. The van der Waals surface area contributed by atoms with Gasteiger partial charge in [0.25, 0.3) is 11.8 Å². The zero-order chi connectivity index (χ0) is 19.4. The first-order valence-corrected chi connectivity index (χ1v) is 9.99. The summed E-state index contributed by atoms with van der Waals surface area (Å²) in [5.74, 6) is -0.0774. The number of carbonyl (C=O) groups excluding carboxylic acids is 2. The van der Waals surface area contributed by atoms with Crippen molar-refractivity contribution in [3.63, 3.8) is 0 Å². The molecule has 0 spiro atoms. The number of rotatable bonds is 6. The first-order chi connectivity index (χ1) is 13.0. The number of nitrogens with one attached hydrogen (secondary N) is 3. The smallest absolute Gasteiger partial charge is 0.256 e. The Morgan fingerprint density at radius 3 is 2.50 bits per heavy atom. The van der Waals surface area contributed by atoms with E-state index in [1.165, 1.54) is 16.9 Å². The van der Waals surface area contributed by atoms with Gasteiger partial charge in [0.05, 0.1) is 11.7 Å². The molecule has 1 aromatic heterocycles. The zero-order valence-corrected chi connectivity index (χ0v) is 17.5. The van der Waals surface area contributed by atoms with Crippen LogP contribution < -0.4 is 16.0 Å². The molecule has 0 saturated carbocycles. The lowest BCUT2D eigenvalue weighted by atomic mass is 10.0.